The van der Waals surface area contributed by atoms with Crippen molar-refractivity contribution in [3.8, 4) is 5.75 Å². The number of ketones is 1. The molecule has 0 bridgehead atoms. The number of Topliss-reactive ketones (excluding diaryl/α,β-unsaturated/α-hetero) is 1. The Hall–Kier alpha value is -3.42. The fourth-order valence-corrected chi connectivity index (χ4v) is 4.90. The minimum absolute atomic E-state index is 0.0744. The average Bonchev–Trinajstić information content (AvgIpc) is 3.25. The molecule has 0 radical (unpaired) electrons. The highest BCUT2D eigenvalue weighted by atomic mass is 16.5. The minimum atomic E-state index is -0.620. The van der Waals surface area contributed by atoms with Gasteiger partial charge in [0.05, 0.1) is 12.0 Å². The Labute approximate surface area is 192 Å². The molecule has 1 fully saturated rings. The lowest BCUT2D eigenvalue weighted by Gasteiger charge is -2.44. The fourth-order valence-electron chi connectivity index (χ4n) is 4.90. The van der Waals surface area contributed by atoms with E-state index >= 15 is 0 Å². The Morgan fingerprint density at radius 3 is 2.85 bits per heavy atom. The van der Waals surface area contributed by atoms with Crippen LogP contribution in [0.15, 0.2) is 54.7 Å². The molecular formula is C26H27N3O4. The maximum atomic E-state index is 13.0. The third kappa shape index (κ3) is 4.42. The predicted octanol–water partition coefficient (Wildman–Crippen LogP) is 3.73. The van der Waals surface area contributed by atoms with Gasteiger partial charge in [-0.2, -0.15) is 0 Å². The van der Waals surface area contributed by atoms with E-state index in [2.05, 4.69) is 34.3 Å². The van der Waals surface area contributed by atoms with Crippen molar-refractivity contribution in [3.63, 3.8) is 0 Å². The Bertz CT molecular complexity index is 1220. The number of amides is 1. The number of nitrogens with zero attached hydrogens (tertiary/aromatic N) is 1. The molecule has 2 aliphatic rings. The number of hydroxylamine groups is 1. The Morgan fingerprint density at radius 2 is 2.03 bits per heavy atom. The van der Waals surface area contributed by atoms with Crippen LogP contribution in [-0.2, 0) is 11.2 Å². The lowest BCUT2D eigenvalue weighted by atomic mass is 9.82. The Balaban J connectivity index is 1.21. The summed E-state index contributed by atoms with van der Waals surface area (Å²) in [6.45, 7) is 2.80. The van der Waals surface area contributed by atoms with Crippen LogP contribution in [0.1, 0.15) is 40.7 Å². The van der Waals surface area contributed by atoms with E-state index in [1.165, 1.54) is 22.5 Å². The van der Waals surface area contributed by atoms with E-state index < -0.39 is 11.5 Å². The molecule has 0 atom stereocenters. The largest absolute Gasteiger partial charge is 0.486 e. The van der Waals surface area contributed by atoms with Crippen LogP contribution < -0.4 is 10.2 Å². The topological polar surface area (TPSA) is 94.7 Å². The fraction of sp³-hybridized carbons (Fsp3) is 0.308. The second-order valence-electron chi connectivity index (χ2n) is 8.90. The Morgan fingerprint density at radius 1 is 1.21 bits per heavy atom. The zero-order valence-corrected chi connectivity index (χ0v) is 18.3. The monoisotopic (exact) mass is 445 g/mol. The van der Waals surface area contributed by atoms with Gasteiger partial charge in [0.15, 0.2) is 5.78 Å². The van der Waals surface area contributed by atoms with Crippen molar-refractivity contribution in [1.82, 2.24) is 15.4 Å². The molecule has 5 rings (SSSR count). The molecule has 1 spiro atoms. The first-order valence-electron chi connectivity index (χ1n) is 11.3. The van der Waals surface area contributed by atoms with Gasteiger partial charge in [0, 0.05) is 55.7 Å². The predicted molar refractivity (Wildman–Crippen MR) is 125 cm³/mol. The van der Waals surface area contributed by atoms with Crippen LogP contribution in [0.3, 0.4) is 0 Å². The van der Waals surface area contributed by atoms with Gasteiger partial charge in [-0.25, -0.2) is 5.48 Å². The zero-order chi connectivity index (χ0) is 22.8. The summed E-state index contributed by atoms with van der Waals surface area (Å²) in [6.07, 6.45) is 7.88. The quantitative estimate of drug-likeness (QED) is 0.316. The van der Waals surface area contributed by atoms with Gasteiger partial charge >= 0.3 is 0 Å². The van der Waals surface area contributed by atoms with Crippen LogP contribution in [0.4, 0.5) is 0 Å². The normalized spacial score (nSPS) is 17.9. The molecule has 0 saturated carbocycles. The van der Waals surface area contributed by atoms with Crippen molar-refractivity contribution in [1.29, 1.82) is 0 Å². The number of carbonyl (C=O) groups excluding carboxylic acids is 2. The highest BCUT2D eigenvalue weighted by molar-refractivity contribution is 6.01. The number of rotatable bonds is 5. The number of hydrogen-bond acceptors (Lipinski definition) is 5. The lowest BCUT2D eigenvalue weighted by Crippen LogP contribution is -2.51. The van der Waals surface area contributed by atoms with Crippen molar-refractivity contribution in [2.75, 3.05) is 19.6 Å². The molecule has 0 unspecified atom stereocenters. The molecule has 2 aromatic carbocycles. The zero-order valence-electron chi connectivity index (χ0n) is 18.3. The summed E-state index contributed by atoms with van der Waals surface area (Å²) in [5.41, 5.74) is 4.88. The molecule has 3 heterocycles. The number of carbonyl (C=O) groups is 2. The molecule has 1 saturated heterocycles. The first-order chi connectivity index (χ1) is 16.0. The SMILES string of the molecule is O=C(/C=C/c1ccc2c(c1)C(=O)CC1(CCN(CCc3c[nH]c4ccccc34)CC1)O2)NO. The molecule has 2 aliphatic heterocycles. The summed E-state index contributed by atoms with van der Waals surface area (Å²) in [5.74, 6) is 0.0679. The number of para-hydroxylation sites is 1. The van der Waals surface area contributed by atoms with Crippen LogP contribution in [-0.4, -0.2) is 52.0 Å². The van der Waals surface area contributed by atoms with Crippen LogP contribution in [0, 0.1) is 0 Å². The van der Waals surface area contributed by atoms with Crippen molar-refractivity contribution in [3.05, 3.63) is 71.4 Å². The van der Waals surface area contributed by atoms with Crippen LogP contribution in [0.25, 0.3) is 17.0 Å². The van der Waals surface area contributed by atoms with E-state index in [1.54, 1.807) is 23.7 Å². The molecule has 3 N–H and O–H groups in total. The number of aromatic amines is 1. The number of H-pyrrole nitrogens is 1. The van der Waals surface area contributed by atoms with Gasteiger partial charge in [0.1, 0.15) is 11.4 Å². The maximum Gasteiger partial charge on any atom is 0.267 e. The van der Waals surface area contributed by atoms with Gasteiger partial charge < -0.3 is 14.6 Å². The molecule has 7 heteroatoms. The van der Waals surface area contributed by atoms with Gasteiger partial charge in [-0.1, -0.05) is 24.3 Å². The number of likely N-dealkylation sites (tertiary alicyclic amines) is 1. The van der Waals surface area contributed by atoms with Crippen molar-refractivity contribution < 1.29 is 19.5 Å². The van der Waals surface area contributed by atoms with E-state index in [9.17, 15) is 9.59 Å². The smallest absolute Gasteiger partial charge is 0.267 e. The van der Waals surface area contributed by atoms with Crippen molar-refractivity contribution in [2.24, 2.45) is 0 Å². The number of fused-ring (bicyclic) bond motifs is 2. The van der Waals surface area contributed by atoms with E-state index in [1.807, 2.05) is 12.1 Å². The highest BCUT2D eigenvalue weighted by Crippen LogP contribution is 2.39. The number of nitrogens with one attached hydrogen (secondary N) is 2. The number of ether oxygens (including phenoxy) is 1. The maximum absolute atomic E-state index is 13.0. The van der Waals surface area contributed by atoms with Gasteiger partial charge in [-0.3, -0.25) is 14.8 Å². The summed E-state index contributed by atoms with van der Waals surface area (Å²) < 4.78 is 6.39. The molecule has 170 valence electrons. The molecule has 3 aromatic rings. The van der Waals surface area contributed by atoms with E-state index in [0.717, 1.165) is 38.9 Å². The van der Waals surface area contributed by atoms with Gasteiger partial charge in [0.2, 0.25) is 0 Å². The van der Waals surface area contributed by atoms with Gasteiger partial charge in [-0.05, 0) is 41.8 Å². The number of piperidine rings is 1. The molecular weight excluding hydrogens is 418 g/mol. The third-order valence-corrected chi connectivity index (χ3v) is 6.79. The third-order valence-electron chi connectivity index (χ3n) is 6.79. The average molecular weight is 446 g/mol. The van der Waals surface area contributed by atoms with Crippen LogP contribution in [0.5, 0.6) is 5.75 Å². The molecule has 33 heavy (non-hydrogen) atoms. The standard InChI is InChI=1S/C26H27N3O4/c30-23-16-26(33-24-7-5-18(15-21(23)24)6-8-25(31)28-32)10-13-29(14-11-26)12-9-19-17-27-22-4-2-1-3-20(19)22/h1-8,15,17,27,32H,9-14,16H2,(H,28,31)/b8-6+. The Kier molecular flexibility index (Phi) is 5.74. The first-order valence-corrected chi connectivity index (χ1v) is 11.3. The summed E-state index contributed by atoms with van der Waals surface area (Å²) in [5, 5.41) is 9.89. The van der Waals surface area contributed by atoms with E-state index in [0.29, 0.717) is 23.3 Å². The van der Waals surface area contributed by atoms with Crippen molar-refractivity contribution >= 4 is 28.7 Å². The summed E-state index contributed by atoms with van der Waals surface area (Å²) in [6, 6.07) is 13.7. The first kappa shape index (κ1) is 21.4. The van der Waals surface area contributed by atoms with E-state index in [-0.39, 0.29) is 5.78 Å². The lowest BCUT2D eigenvalue weighted by molar-refractivity contribution is -0.124. The number of benzene rings is 2. The molecule has 1 aromatic heterocycles. The molecule has 7 nitrogen and oxygen atoms in total. The summed E-state index contributed by atoms with van der Waals surface area (Å²) >= 11 is 0. The summed E-state index contributed by atoms with van der Waals surface area (Å²) in [4.78, 5) is 29.9. The van der Waals surface area contributed by atoms with Gasteiger partial charge in [0.25, 0.3) is 5.91 Å². The summed E-state index contributed by atoms with van der Waals surface area (Å²) in [7, 11) is 0. The number of aromatic nitrogens is 1. The van der Waals surface area contributed by atoms with Crippen LogP contribution in [0.2, 0.25) is 0 Å². The second-order valence-corrected chi connectivity index (χ2v) is 8.90. The molecule has 1 amide bonds. The minimum Gasteiger partial charge on any atom is -0.486 e. The van der Waals surface area contributed by atoms with Crippen LogP contribution >= 0.6 is 0 Å². The van der Waals surface area contributed by atoms with Crippen molar-refractivity contribution in [2.45, 2.75) is 31.3 Å². The number of hydrogen-bond donors (Lipinski definition) is 3. The molecule has 0 aliphatic carbocycles. The van der Waals surface area contributed by atoms with E-state index in [4.69, 9.17) is 9.94 Å². The second kappa shape index (κ2) is 8.84. The highest BCUT2D eigenvalue weighted by Gasteiger charge is 2.42. The van der Waals surface area contributed by atoms with Gasteiger partial charge in [-0.15, -0.1) is 0 Å².